The first-order valence-corrected chi connectivity index (χ1v) is 4.99. The largest absolute Gasteiger partial charge is 0.416 e. The lowest BCUT2D eigenvalue weighted by Gasteiger charge is -2.09. The third-order valence-electron chi connectivity index (χ3n) is 2.35. The molecular formula is C11H9F3N2O. The zero-order chi connectivity index (χ0) is 12.5. The van der Waals surface area contributed by atoms with Gasteiger partial charge in [0.15, 0.2) is 5.78 Å². The van der Waals surface area contributed by atoms with Crippen LogP contribution in [0.25, 0.3) is 0 Å². The zero-order valence-electron chi connectivity index (χ0n) is 8.71. The van der Waals surface area contributed by atoms with E-state index >= 15 is 0 Å². The Bertz CT molecular complexity index is 480. The quantitative estimate of drug-likeness (QED) is 0.867. The van der Waals surface area contributed by atoms with Gasteiger partial charge in [-0.05, 0) is 18.6 Å². The summed E-state index contributed by atoms with van der Waals surface area (Å²) < 4.78 is 37.3. The first kappa shape index (κ1) is 11.6. The van der Waals surface area contributed by atoms with Gasteiger partial charge < -0.3 is 5.32 Å². The topological polar surface area (TPSA) is 42.0 Å². The summed E-state index contributed by atoms with van der Waals surface area (Å²) in [6.07, 6.45) is -1.01. The molecule has 0 bridgehead atoms. The van der Waals surface area contributed by atoms with Gasteiger partial charge in [0.1, 0.15) is 5.82 Å². The SMILES string of the molecule is O=C1C=C(Nc2cc(C(F)(F)F)ccn2)CC1. The van der Waals surface area contributed by atoms with Gasteiger partial charge in [-0.3, -0.25) is 4.79 Å². The highest BCUT2D eigenvalue weighted by Gasteiger charge is 2.30. The number of hydrogen-bond acceptors (Lipinski definition) is 3. The molecule has 1 aliphatic rings. The Morgan fingerprint density at radius 1 is 1.29 bits per heavy atom. The average Bonchev–Trinajstić information content (AvgIpc) is 2.63. The van der Waals surface area contributed by atoms with E-state index in [1.54, 1.807) is 0 Å². The number of pyridine rings is 1. The molecule has 1 heterocycles. The number of carbonyl (C=O) groups excluding carboxylic acids is 1. The van der Waals surface area contributed by atoms with Crippen LogP contribution in [-0.4, -0.2) is 10.8 Å². The van der Waals surface area contributed by atoms with Crippen molar-refractivity contribution in [2.45, 2.75) is 19.0 Å². The van der Waals surface area contributed by atoms with Crippen LogP contribution in [-0.2, 0) is 11.0 Å². The van der Waals surface area contributed by atoms with Crippen LogP contribution in [0.1, 0.15) is 18.4 Å². The fourth-order valence-corrected chi connectivity index (χ4v) is 1.53. The van der Waals surface area contributed by atoms with E-state index in [4.69, 9.17) is 0 Å². The maximum Gasteiger partial charge on any atom is 0.416 e. The van der Waals surface area contributed by atoms with Crippen molar-refractivity contribution in [1.82, 2.24) is 4.98 Å². The van der Waals surface area contributed by atoms with Crippen LogP contribution in [0.4, 0.5) is 19.0 Å². The molecule has 0 amide bonds. The van der Waals surface area contributed by atoms with Crippen molar-refractivity contribution < 1.29 is 18.0 Å². The van der Waals surface area contributed by atoms with E-state index in [0.717, 1.165) is 18.3 Å². The second-order valence-electron chi connectivity index (χ2n) is 3.69. The molecule has 0 fully saturated rings. The molecule has 0 aromatic carbocycles. The van der Waals surface area contributed by atoms with Crippen molar-refractivity contribution in [3.05, 3.63) is 35.7 Å². The van der Waals surface area contributed by atoms with Gasteiger partial charge in [-0.2, -0.15) is 13.2 Å². The van der Waals surface area contributed by atoms with Crippen LogP contribution in [0, 0.1) is 0 Å². The minimum absolute atomic E-state index is 0.0283. The highest BCUT2D eigenvalue weighted by molar-refractivity contribution is 5.93. The van der Waals surface area contributed by atoms with E-state index in [1.165, 1.54) is 6.08 Å². The molecule has 0 aliphatic heterocycles. The second-order valence-corrected chi connectivity index (χ2v) is 3.69. The van der Waals surface area contributed by atoms with Crippen LogP contribution < -0.4 is 5.32 Å². The van der Waals surface area contributed by atoms with Crippen molar-refractivity contribution in [1.29, 1.82) is 0 Å². The summed E-state index contributed by atoms with van der Waals surface area (Å²) >= 11 is 0. The number of allylic oxidation sites excluding steroid dienone is 2. The standard InChI is InChI=1S/C11H9F3N2O/c12-11(13,14)7-3-4-15-10(5-7)16-8-1-2-9(17)6-8/h3-6H,1-2H2,(H,15,16). The van der Waals surface area contributed by atoms with Crippen molar-refractivity contribution in [3.63, 3.8) is 0 Å². The molecule has 0 atom stereocenters. The normalized spacial score (nSPS) is 15.9. The van der Waals surface area contributed by atoms with Gasteiger partial charge >= 0.3 is 6.18 Å². The Morgan fingerprint density at radius 2 is 2.06 bits per heavy atom. The molecule has 1 aromatic heterocycles. The number of hydrogen-bond donors (Lipinski definition) is 1. The molecular weight excluding hydrogens is 233 g/mol. The number of nitrogens with one attached hydrogen (secondary N) is 1. The summed E-state index contributed by atoms with van der Waals surface area (Å²) in [5.41, 5.74) is -0.165. The van der Waals surface area contributed by atoms with Crippen molar-refractivity contribution in [2.24, 2.45) is 0 Å². The number of rotatable bonds is 2. The lowest BCUT2D eigenvalue weighted by atomic mass is 10.2. The van der Waals surface area contributed by atoms with E-state index in [2.05, 4.69) is 10.3 Å². The molecule has 0 saturated carbocycles. The summed E-state index contributed by atoms with van der Waals surface area (Å²) in [5.74, 6) is 0.0697. The van der Waals surface area contributed by atoms with Gasteiger partial charge in [0.25, 0.3) is 0 Å². The van der Waals surface area contributed by atoms with Gasteiger partial charge in [-0.25, -0.2) is 4.98 Å². The van der Waals surface area contributed by atoms with Crippen LogP contribution in [0.5, 0.6) is 0 Å². The number of carbonyl (C=O) groups is 1. The van der Waals surface area contributed by atoms with Gasteiger partial charge in [-0.1, -0.05) is 0 Å². The third kappa shape index (κ3) is 2.83. The highest BCUT2D eigenvalue weighted by Crippen LogP contribution is 2.30. The molecule has 90 valence electrons. The Hall–Kier alpha value is -1.85. The fourth-order valence-electron chi connectivity index (χ4n) is 1.53. The average molecular weight is 242 g/mol. The lowest BCUT2D eigenvalue weighted by molar-refractivity contribution is -0.137. The number of anilines is 1. The van der Waals surface area contributed by atoms with Crippen LogP contribution in [0.3, 0.4) is 0 Å². The maximum atomic E-state index is 12.4. The minimum atomic E-state index is -4.39. The van der Waals surface area contributed by atoms with Crippen molar-refractivity contribution in [3.8, 4) is 0 Å². The molecule has 6 heteroatoms. The Balaban J connectivity index is 2.17. The second kappa shape index (κ2) is 4.20. The van der Waals surface area contributed by atoms with Crippen molar-refractivity contribution >= 4 is 11.6 Å². The summed E-state index contributed by atoms with van der Waals surface area (Å²) in [6, 6.07) is 1.82. The van der Waals surface area contributed by atoms with Gasteiger partial charge in [0, 0.05) is 24.4 Å². The summed E-state index contributed by atoms with van der Waals surface area (Å²) in [7, 11) is 0. The molecule has 0 radical (unpaired) electrons. The Morgan fingerprint density at radius 3 is 2.65 bits per heavy atom. The van der Waals surface area contributed by atoms with E-state index in [9.17, 15) is 18.0 Å². The van der Waals surface area contributed by atoms with E-state index in [0.29, 0.717) is 18.5 Å². The molecule has 1 aliphatic carbocycles. The maximum absolute atomic E-state index is 12.4. The number of ketones is 1. The molecule has 17 heavy (non-hydrogen) atoms. The lowest BCUT2D eigenvalue weighted by Crippen LogP contribution is -2.07. The first-order valence-electron chi connectivity index (χ1n) is 4.99. The summed E-state index contributed by atoms with van der Waals surface area (Å²) in [4.78, 5) is 14.7. The van der Waals surface area contributed by atoms with Crippen molar-refractivity contribution in [2.75, 3.05) is 5.32 Å². The highest BCUT2D eigenvalue weighted by atomic mass is 19.4. The first-order chi connectivity index (χ1) is 7.95. The zero-order valence-corrected chi connectivity index (χ0v) is 8.71. The van der Waals surface area contributed by atoms with Crippen LogP contribution in [0.2, 0.25) is 0 Å². The van der Waals surface area contributed by atoms with Crippen LogP contribution in [0.15, 0.2) is 30.1 Å². The van der Waals surface area contributed by atoms with E-state index < -0.39 is 11.7 Å². The Labute approximate surface area is 95.4 Å². The monoisotopic (exact) mass is 242 g/mol. The van der Waals surface area contributed by atoms with E-state index in [1.807, 2.05) is 0 Å². The van der Waals surface area contributed by atoms with Gasteiger partial charge in [0.05, 0.1) is 5.56 Å². The third-order valence-corrected chi connectivity index (χ3v) is 2.35. The van der Waals surface area contributed by atoms with Gasteiger partial charge in [0.2, 0.25) is 0 Å². The smallest absolute Gasteiger partial charge is 0.344 e. The van der Waals surface area contributed by atoms with Gasteiger partial charge in [-0.15, -0.1) is 0 Å². The number of alkyl halides is 3. The predicted molar refractivity (Wildman–Crippen MR) is 55.2 cm³/mol. The fraction of sp³-hybridized carbons (Fsp3) is 0.273. The summed E-state index contributed by atoms with van der Waals surface area (Å²) in [5, 5.41) is 2.71. The predicted octanol–water partition coefficient (Wildman–Crippen LogP) is 2.76. The minimum Gasteiger partial charge on any atom is -0.344 e. The molecule has 0 saturated heterocycles. The number of halogens is 3. The number of nitrogens with zero attached hydrogens (tertiary/aromatic N) is 1. The van der Waals surface area contributed by atoms with Crippen LogP contribution >= 0.6 is 0 Å². The molecule has 1 aromatic rings. The molecule has 0 spiro atoms. The molecule has 3 nitrogen and oxygen atoms in total. The van der Waals surface area contributed by atoms with E-state index in [-0.39, 0.29) is 11.6 Å². The Kier molecular flexibility index (Phi) is 2.87. The molecule has 0 unspecified atom stereocenters. The molecule has 2 rings (SSSR count). The molecule has 1 N–H and O–H groups in total. The number of aromatic nitrogens is 1. The summed E-state index contributed by atoms with van der Waals surface area (Å²) in [6.45, 7) is 0.